The van der Waals surface area contributed by atoms with Crippen molar-refractivity contribution in [2.24, 2.45) is 0 Å². The summed E-state index contributed by atoms with van der Waals surface area (Å²) in [6, 6.07) is 12.5. The van der Waals surface area contributed by atoms with Crippen molar-refractivity contribution >= 4 is 23.7 Å². The number of aromatic nitrogens is 3. The van der Waals surface area contributed by atoms with Gasteiger partial charge < -0.3 is 15.4 Å². The number of ether oxygens (including phenoxy) is 1. The topological polar surface area (TPSA) is 81.1 Å². The summed E-state index contributed by atoms with van der Waals surface area (Å²) in [5, 5.41) is 9.38. The zero-order valence-corrected chi connectivity index (χ0v) is 16.2. The third kappa shape index (κ3) is 6.01. The van der Waals surface area contributed by atoms with Gasteiger partial charge in [0, 0.05) is 12.1 Å². The van der Waals surface area contributed by atoms with Gasteiger partial charge in [0.2, 0.25) is 0 Å². The Morgan fingerprint density at radius 2 is 1.83 bits per heavy atom. The van der Waals surface area contributed by atoms with Crippen LogP contribution < -0.4 is 15.4 Å². The predicted octanol–water partition coefficient (Wildman–Crippen LogP) is 3.63. The monoisotopic (exact) mass is 435 g/mol. The van der Waals surface area contributed by atoms with E-state index < -0.39 is 6.36 Å². The number of hydrogen-bond donors (Lipinski definition) is 2. The van der Waals surface area contributed by atoms with E-state index in [0.717, 1.165) is 16.6 Å². The number of nitrogens with one attached hydrogen (secondary N) is 2. The minimum Gasteiger partial charge on any atom is -0.406 e. The van der Waals surface area contributed by atoms with Crippen molar-refractivity contribution in [3.63, 3.8) is 0 Å². The van der Waals surface area contributed by atoms with Gasteiger partial charge in [0.25, 0.3) is 0 Å². The fourth-order valence-electron chi connectivity index (χ4n) is 2.57. The Bertz CT molecular complexity index is 1000. The second-order valence-corrected chi connectivity index (χ2v) is 6.26. The molecule has 3 rings (SSSR count). The van der Waals surface area contributed by atoms with Gasteiger partial charge in [-0.15, -0.1) is 18.3 Å². The lowest BCUT2D eigenvalue weighted by molar-refractivity contribution is -0.274. The van der Waals surface area contributed by atoms with Crippen molar-refractivity contribution in [1.82, 2.24) is 25.4 Å². The largest absolute Gasteiger partial charge is 0.573 e. The van der Waals surface area contributed by atoms with Crippen LogP contribution in [0.3, 0.4) is 0 Å². The van der Waals surface area contributed by atoms with Crippen molar-refractivity contribution in [1.29, 1.82) is 0 Å². The number of carbonyl (C=O) groups excluding carboxylic acids is 1. The van der Waals surface area contributed by atoms with Crippen LogP contribution in [0.1, 0.15) is 5.56 Å². The van der Waals surface area contributed by atoms with E-state index >= 15 is 0 Å². The number of alkyl halides is 3. The third-order valence-electron chi connectivity index (χ3n) is 3.93. The number of carbonyl (C=O) groups is 1. The van der Waals surface area contributed by atoms with Crippen LogP contribution in [0.4, 0.5) is 18.0 Å². The molecule has 0 aliphatic carbocycles. The van der Waals surface area contributed by atoms with Crippen LogP contribution in [0.15, 0.2) is 54.9 Å². The first-order chi connectivity index (χ1) is 14.3. The molecule has 0 radical (unpaired) electrons. The quantitative estimate of drug-likeness (QED) is 0.554. The van der Waals surface area contributed by atoms with Gasteiger partial charge in [0.1, 0.15) is 12.1 Å². The molecule has 3 aromatic rings. The number of rotatable bonds is 7. The van der Waals surface area contributed by atoms with Crippen molar-refractivity contribution in [3.8, 4) is 22.8 Å². The van der Waals surface area contributed by atoms with Crippen molar-refractivity contribution < 1.29 is 22.7 Å². The molecular formula is C19H16F3N5O2S. The van der Waals surface area contributed by atoms with Crippen LogP contribution in [-0.4, -0.2) is 39.2 Å². The van der Waals surface area contributed by atoms with E-state index in [4.69, 9.17) is 0 Å². The highest BCUT2D eigenvalue weighted by molar-refractivity contribution is 7.78. The molecule has 30 heavy (non-hydrogen) atoms. The Morgan fingerprint density at radius 1 is 1.13 bits per heavy atom. The Balaban J connectivity index is 1.61. The standard InChI is InChI=1S/C19H16F3N5O2S/c20-19(21,22)29-16-7-5-15(6-8-16)27-11-24-17(26-27)14-3-1-13(2-4-14)9-10-23-18(28)25-12-30/h1-8,11-12H,9-10H2,(H2,23,25,28,30). The summed E-state index contributed by atoms with van der Waals surface area (Å²) in [6.45, 7) is 0.454. The first-order valence-electron chi connectivity index (χ1n) is 8.69. The van der Waals surface area contributed by atoms with Crippen molar-refractivity contribution in [2.45, 2.75) is 12.8 Å². The van der Waals surface area contributed by atoms with Crippen molar-refractivity contribution in [2.75, 3.05) is 6.54 Å². The highest BCUT2D eigenvalue weighted by Crippen LogP contribution is 2.24. The molecule has 0 saturated carbocycles. The predicted molar refractivity (Wildman–Crippen MR) is 107 cm³/mol. The summed E-state index contributed by atoms with van der Waals surface area (Å²) in [7, 11) is 0. The molecule has 1 heterocycles. The number of urea groups is 1. The summed E-state index contributed by atoms with van der Waals surface area (Å²) in [5.74, 6) is 0.159. The van der Waals surface area contributed by atoms with E-state index in [1.807, 2.05) is 24.3 Å². The van der Waals surface area contributed by atoms with E-state index in [1.165, 1.54) is 35.3 Å². The Morgan fingerprint density at radius 3 is 2.47 bits per heavy atom. The fraction of sp³-hybridized carbons (Fsp3) is 0.158. The summed E-state index contributed by atoms with van der Waals surface area (Å²) in [5.41, 5.74) is 3.48. The van der Waals surface area contributed by atoms with Gasteiger partial charge in [-0.05, 0) is 36.2 Å². The molecule has 7 nitrogen and oxygen atoms in total. The van der Waals surface area contributed by atoms with Gasteiger partial charge in [-0.1, -0.05) is 36.5 Å². The van der Waals surface area contributed by atoms with Crippen LogP contribution in [0.25, 0.3) is 17.1 Å². The molecule has 0 fully saturated rings. The van der Waals surface area contributed by atoms with Gasteiger partial charge in [-0.3, -0.25) is 0 Å². The van der Waals surface area contributed by atoms with Gasteiger partial charge in [-0.2, -0.15) is 0 Å². The van der Waals surface area contributed by atoms with E-state index in [9.17, 15) is 18.0 Å². The number of nitrogens with zero attached hydrogens (tertiary/aromatic N) is 3. The smallest absolute Gasteiger partial charge is 0.406 e. The SMILES string of the molecule is O=C(NC=S)NCCc1ccc(-c2ncn(-c3ccc(OC(F)(F)F)cc3)n2)cc1. The molecule has 156 valence electrons. The molecule has 0 aliphatic rings. The van der Waals surface area contributed by atoms with Gasteiger partial charge in [0.15, 0.2) is 5.82 Å². The van der Waals surface area contributed by atoms with Gasteiger partial charge in [-0.25, -0.2) is 14.5 Å². The molecule has 1 aromatic heterocycles. The molecule has 0 atom stereocenters. The molecule has 0 spiro atoms. The van der Waals surface area contributed by atoms with Crippen molar-refractivity contribution in [3.05, 3.63) is 60.4 Å². The minimum absolute atomic E-state index is 0.309. The average Bonchev–Trinajstić information content (AvgIpc) is 3.18. The summed E-state index contributed by atoms with van der Waals surface area (Å²) in [4.78, 5) is 15.5. The maximum atomic E-state index is 12.2. The highest BCUT2D eigenvalue weighted by Gasteiger charge is 2.30. The Hall–Kier alpha value is -3.47. The number of thiocarbonyl (C=S) groups is 1. The second-order valence-electron chi connectivity index (χ2n) is 6.02. The maximum Gasteiger partial charge on any atom is 0.573 e. The minimum atomic E-state index is -4.74. The van der Waals surface area contributed by atoms with E-state index in [-0.39, 0.29) is 11.8 Å². The molecule has 2 aromatic carbocycles. The molecule has 2 amide bonds. The van der Waals surface area contributed by atoms with E-state index in [1.54, 1.807) is 0 Å². The summed E-state index contributed by atoms with van der Waals surface area (Å²) >= 11 is 4.53. The first-order valence-corrected chi connectivity index (χ1v) is 9.16. The molecule has 0 aliphatic heterocycles. The van der Waals surface area contributed by atoms with E-state index in [0.29, 0.717) is 24.5 Å². The fourth-order valence-corrected chi connectivity index (χ4v) is 2.67. The lowest BCUT2D eigenvalue weighted by Crippen LogP contribution is -2.35. The molecule has 0 unspecified atom stereocenters. The number of amides is 2. The summed E-state index contributed by atoms with van der Waals surface area (Å²) < 4.78 is 42.0. The zero-order valence-electron chi connectivity index (χ0n) is 15.4. The van der Waals surface area contributed by atoms with E-state index in [2.05, 4.69) is 37.7 Å². The molecule has 11 heteroatoms. The number of benzene rings is 2. The van der Waals surface area contributed by atoms with Crippen LogP contribution in [0.5, 0.6) is 5.75 Å². The Labute approximate surface area is 174 Å². The van der Waals surface area contributed by atoms with Crippen LogP contribution >= 0.6 is 12.2 Å². The highest BCUT2D eigenvalue weighted by atomic mass is 32.1. The molecule has 2 N–H and O–H groups in total. The van der Waals surface area contributed by atoms with Crippen LogP contribution in [0, 0.1) is 0 Å². The zero-order chi connectivity index (χ0) is 21.6. The Kier molecular flexibility index (Phi) is 6.62. The van der Waals surface area contributed by atoms with Gasteiger partial charge in [0.05, 0.1) is 11.2 Å². The lowest BCUT2D eigenvalue weighted by Gasteiger charge is -2.09. The normalized spacial score (nSPS) is 11.0. The summed E-state index contributed by atoms with van der Waals surface area (Å²) in [6.07, 6.45) is -2.62. The van der Waals surface area contributed by atoms with Crippen LogP contribution in [-0.2, 0) is 6.42 Å². The molecular weight excluding hydrogens is 419 g/mol. The first kappa shape index (κ1) is 21.2. The average molecular weight is 435 g/mol. The van der Waals surface area contributed by atoms with Gasteiger partial charge >= 0.3 is 12.4 Å². The maximum absolute atomic E-state index is 12.2. The number of halogens is 3. The molecule has 0 saturated heterocycles. The lowest BCUT2D eigenvalue weighted by atomic mass is 10.1. The number of hydrogen-bond acceptors (Lipinski definition) is 5. The molecule has 0 bridgehead atoms. The van der Waals surface area contributed by atoms with Crippen LogP contribution in [0.2, 0.25) is 0 Å². The second kappa shape index (κ2) is 9.35. The third-order valence-corrected chi connectivity index (χ3v) is 4.05.